The maximum atomic E-state index is 12.6. The molecule has 0 bridgehead atoms. The molecule has 4 nitrogen and oxygen atoms in total. The third kappa shape index (κ3) is 4.85. The Morgan fingerprint density at radius 1 is 0.806 bits per heavy atom. The number of nitrogens with one attached hydrogen (secondary N) is 1. The Morgan fingerprint density at radius 3 is 2.08 bits per heavy atom. The lowest BCUT2D eigenvalue weighted by Gasteiger charge is -2.15. The second-order valence-electron chi connectivity index (χ2n) is 8.42. The van der Waals surface area contributed by atoms with Gasteiger partial charge in [-0.3, -0.25) is 4.79 Å². The highest BCUT2D eigenvalue weighted by Crippen LogP contribution is 2.35. The molecule has 36 heavy (non-hydrogen) atoms. The smallest absolute Gasteiger partial charge is 0.272 e. The van der Waals surface area contributed by atoms with Crippen LogP contribution >= 0.6 is 11.6 Å². The minimum Gasteiger partial charge on any atom is -0.309 e. The number of carbonyl (C=O) groups is 1. The summed E-state index contributed by atoms with van der Waals surface area (Å²) in [6.45, 7) is 2.08. The molecular formula is C31H24ClN3O. The molecular weight excluding hydrogens is 466 g/mol. The summed E-state index contributed by atoms with van der Waals surface area (Å²) < 4.78 is 2.24. The molecule has 0 saturated heterocycles. The van der Waals surface area contributed by atoms with Gasteiger partial charge in [0.05, 0.1) is 28.2 Å². The van der Waals surface area contributed by atoms with Crippen LogP contribution in [0.1, 0.15) is 21.5 Å². The van der Waals surface area contributed by atoms with Gasteiger partial charge in [0.2, 0.25) is 0 Å². The van der Waals surface area contributed by atoms with Gasteiger partial charge in [0.1, 0.15) is 0 Å². The van der Waals surface area contributed by atoms with Gasteiger partial charge in [0.25, 0.3) is 5.91 Å². The monoisotopic (exact) mass is 489 g/mol. The fourth-order valence-electron chi connectivity index (χ4n) is 4.17. The zero-order valence-electron chi connectivity index (χ0n) is 19.7. The van der Waals surface area contributed by atoms with Gasteiger partial charge in [-0.05, 0) is 48.4 Å². The Hall–Kier alpha value is -4.41. The summed E-state index contributed by atoms with van der Waals surface area (Å²) in [4.78, 5) is 12.6. The zero-order chi connectivity index (χ0) is 24.9. The van der Waals surface area contributed by atoms with Crippen LogP contribution in [0.5, 0.6) is 0 Å². The third-order valence-corrected chi connectivity index (χ3v) is 6.26. The Morgan fingerprint density at radius 2 is 1.42 bits per heavy atom. The summed E-state index contributed by atoms with van der Waals surface area (Å²) in [5.41, 5.74) is 10.2. The first-order chi connectivity index (χ1) is 17.6. The van der Waals surface area contributed by atoms with Gasteiger partial charge in [-0.2, -0.15) is 5.10 Å². The van der Waals surface area contributed by atoms with E-state index < -0.39 is 0 Å². The van der Waals surface area contributed by atoms with Gasteiger partial charge in [-0.1, -0.05) is 102 Å². The first-order valence-electron chi connectivity index (χ1n) is 11.6. The quantitative estimate of drug-likeness (QED) is 0.194. The Bertz CT molecular complexity index is 1520. The van der Waals surface area contributed by atoms with Crippen LogP contribution in [0.4, 0.5) is 0 Å². The number of hydrazone groups is 1. The fourth-order valence-corrected chi connectivity index (χ4v) is 4.39. The highest BCUT2D eigenvalue weighted by atomic mass is 35.5. The molecule has 4 aromatic carbocycles. The number of hydrogen-bond donors (Lipinski definition) is 1. The molecule has 0 unspecified atom stereocenters. The van der Waals surface area contributed by atoms with Crippen molar-refractivity contribution in [1.82, 2.24) is 9.99 Å². The molecule has 5 heteroatoms. The molecule has 0 fully saturated rings. The Labute approximate surface area is 215 Å². The maximum Gasteiger partial charge on any atom is 0.272 e. The van der Waals surface area contributed by atoms with Crippen molar-refractivity contribution >= 4 is 23.7 Å². The van der Waals surface area contributed by atoms with Crippen molar-refractivity contribution in [2.75, 3.05) is 0 Å². The highest BCUT2D eigenvalue weighted by Gasteiger charge is 2.19. The van der Waals surface area contributed by atoms with E-state index >= 15 is 0 Å². The number of aryl methyl sites for hydroxylation is 1. The lowest BCUT2D eigenvalue weighted by molar-refractivity contribution is 0.0955. The third-order valence-electron chi connectivity index (χ3n) is 5.93. The second-order valence-corrected chi connectivity index (χ2v) is 8.82. The van der Waals surface area contributed by atoms with E-state index in [1.54, 1.807) is 30.5 Å². The van der Waals surface area contributed by atoms with E-state index in [2.05, 4.69) is 76.6 Å². The zero-order valence-corrected chi connectivity index (χ0v) is 20.5. The summed E-state index contributed by atoms with van der Waals surface area (Å²) >= 11 is 6.18. The molecule has 1 heterocycles. The van der Waals surface area contributed by atoms with Gasteiger partial charge < -0.3 is 4.57 Å². The average molecular weight is 490 g/mol. The van der Waals surface area contributed by atoms with Crippen molar-refractivity contribution < 1.29 is 4.79 Å². The number of carbonyl (C=O) groups excluding carboxylic acids is 1. The number of amides is 1. The average Bonchev–Trinajstić information content (AvgIpc) is 3.29. The largest absolute Gasteiger partial charge is 0.309 e. The molecule has 0 spiro atoms. The first kappa shape index (κ1) is 23.3. The van der Waals surface area contributed by atoms with E-state index in [0.717, 1.165) is 33.8 Å². The van der Waals surface area contributed by atoms with E-state index in [-0.39, 0.29) is 5.91 Å². The van der Waals surface area contributed by atoms with E-state index in [1.165, 1.54) is 5.56 Å². The molecule has 1 aromatic heterocycles. The number of aromatic nitrogens is 1. The van der Waals surface area contributed by atoms with Crippen LogP contribution in [-0.2, 0) is 0 Å². The number of nitrogens with zero attached hydrogens (tertiary/aromatic N) is 2. The first-order valence-corrected chi connectivity index (χ1v) is 12.0. The molecule has 5 rings (SSSR count). The van der Waals surface area contributed by atoms with Crippen LogP contribution in [-0.4, -0.2) is 16.7 Å². The van der Waals surface area contributed by atoms with E-state index in [9.17, 15) is 4.79 Å². The minimum atomic E-state index is -0.362. The maximum absolute atomic E-state index is 12.6. The van der Waals surface area contributed by atoms with Gasteiger partial charge in [-0.25, -0.2) is 5.43 Å². The van der Waals surface area contributed by atoms with Crippen LogP contribution in [0, 0.1) is 6.92 Å². The van der Waals surface area contributed by atoms with E-state index in [4.69, 9.17) is 11.6 Å². The molecule has 0 aliphatic rings. The lowest BCUT2D eigenvalue weighted by atomic mass is 10.1. The Kier molecular flexibility index (Phi) is 6.78. The highest BCUT2D eigenvalue weighted by molar-refractivity contribution is 6.33. The predicted molar refractivity (Wildman–Crippen MR) is 148 cm³/mol. The fraction of sp³-hybridized carbons (Fsp3) is 0.0323. The number of halogens is 1. The van der Waals surface area contributed by atoms with Crippen LogP contribution in [0.2, 0.25) is 5.02 Å². The van der Waals surface area contributed by atoms with Crippen LogP contribution in [0.15, 0.2) is 120 Å². The summed E-state index contributed by atoms with van der Waals surface area (Å²) in [6, 6.07) is 37.9. The van der Waals surface area contributed by atoms with Gasteiger partial charge >= 0.3 is 0 Å². The molecule has 176 valence electrons. The summed E-state index contributed by atoms with van der Waals surface area (Å²) in [5, 5.41) is 4.69. The van der Waals surface area contributed by atoms with Gasteiger partial charge in [0, 0.05) is 11.3 Å². The molecule has 0 atom stereocenters. The molecule has 1 amide bonds. The van der Waals surface area contributed by atoms with Crippen LogP contribution in [0.25, 0.3) is 28.2 Å². The van der Waals surface area contributed by atoms with E-state index in [0.29, 0.717) is 10.6 Å². The molecule has 0 aliphatic carbocycles. The summed E-state index contributed by atoms with van der Waals surface area (Å²) in [5.74, 6) is -0.362. The SMILES string of the molecule is Cc1ccc(-n2c(-c3ccccc3)cc(/C=N/NC(=O)c3ccccc3Cl)c2-c2ccccc2)cc1. The van der Waals surface area contributed by atoms with Gasteiger partial charge in [-0.15, -0.1) is 0 Å². The van der Waals surface area contributed by atoms with Crippen LogP contribution < -0.4 is 5.43 Å². The molecule has 0 aliphatic heterocycles. The standard InChI is InChI=1S/C31H24ClN3O/c1-22-16-18-26(19-17-22)35-29(23-10-4-2-5-11-23)20-25(30(35)24-12-6-3-7-13-24)21-33-34-31(36)27-14-8-9-15-28(27)32/h2-21H,1H3,(H,34,36)/b33-21+. The van der Waals surface area contributed by atoms with Crippen molar-refractivity contribution in [3.05, 3.63) is 137 Å². The van der Waals surface area contributed by atoms with Crippen molar-refractivity contribution in [2.24, 2.45) is 5.10 Å². The number of hydrogen-bond acceptors (Lipinski definition) is 2. The number of benzene rings is 4. The topological polar surface area (TPSA) is 46.4 Å². The Balaban J connectivity index is 1.64. The predicted octanol–water partition coefficient (Wildman–Crippen LogP) is 7.54. The number of rotatable bonds is 6. The van der Waals surface area contributed by atoms with Crippen molar-refractivity contribution in [2.45, 2.75) is 6.92 Å². The van der Waals surface area contributed by atoms with Crippen molar-refractivity contribution in [3.8, 4) is 28.2 Å². The normalized spacial score (nSPS) is 11.1. The minimum absolute atomic E-state index is 0.362. The second kappa shape index (κ2) is 10.5. The lowest BCUT2D eigenvalue weighted by Crippen LogP contribution is -2.18. The molecule has 0 radical (unpaired) electrons. The molecule has 0 saturated carbocycles. The van der Waals surface area contributed by atoms with Gasteiger partial charge in [0.15, 0.2) is 0 Å². The van der Waals surface area contributed by atoms with Crippen molar-refractivity contribution in [1.29, 1.82) is 0 Å². The molecule has 5 aromatic rings. The summed E-state index contributed by atoms with van der Waals surface area (Å²) in [6.07, 6.45) is 1.69. The summed E-state index contributed by atoms with van der Waals surface area (Å²) in [7, 11) is 0. The van der Waals surface area contributed by atoms with Crippen molar-refractivity contribution in [3.63, 3.8) is 0 Å². The van der Waals surface area contributed by atoms with E-state index in [1.807, 2.05) is 36.4 Å². The molecule has 1 N–H and O–H groups in total. The van der Waals surface area contributed by atoms with Crippen LogP contribution in [0.3, 0.4) is 0 Å².